The number of nitrogens with one attached hydrogen (secondary N) is 1. The maximum Gasteiger partial charge on any atom is 0.0587 e. The third-order valence-electron chi connectivity index (χ3n) is 3.63. The highest BCUT2D eigenvalue weighted by Crippen LogP contribution is 2.15. The molecule has 0 fully saturated rings. The number of hydrogen-bond donors (Lipinski definition) is 2. The first kappa shape index (κ1) is 16.0. The zero-order valence-electron chi connectivity index (χ0n) is 12.7. The predicted octanol–water partition coefficient (Wildman–Crippen LogP) is 2.64. The van der Waals surface area contributed by atoms with E-state index in [1.54, 1.807) is 0 Å². The summed E-state index contributed by atoms with van der Waals surface area (Å²) in [7, 11) is 0. The summed E-state index contributed by atoms with van der Waals surface area (Å²) in [5, 5.41) is 12.7. The summed E-state index contributed by atoms with van der Waals surface area (Å²) in [6.07, 6.45) is 0. The van der Waals surface area contributed by atoms with Crippen molar-refractivity contribution in [3.8, 4) is 0 Å². The number of aliphatic hydroxyl groups is 1. The van der Waals surface area contributed by atoms with Gasteiger partial charge in [0.2, 0.25) is 0 Å². The van der Waals surface area contributed by atoms with Gasteiger partial charge in [-0.2, -0.15) is 0 Å². The smallest absolute Gasteiger partial charge is 0.0587 e. The van der Waals surface area contributed by atoms with Crippen LogP contribution in [0.2, 0.25) is 0 Å². The Morgan fingerprint density at radius 2 is 1.68 bits per heavy atom. The molecule has 1 unspecified atom stereocenters. The van der Waals surface area contributed by atoms with Crippen LogP contribution in [0.5, 0.6) is 0 Å². The molecule has 0 aromatic heterocycles. The average molecular weight is 264 g/mol. The molecule has 0 saturated carbocycles. The van der Waals surface area contributed by atoms with Crippen molar-refractivity contribution in [2.75, 3.05) is 24.6 Å². The summed E-state index contributed by atoms with van der Waals surface area (Å²) in [6.45, 7) is 11.7. The van der Waals surface area contributed by atoms with Crippen LogP contribution < -0.4 is 10.2 Å². The molecule has 0 aliphatic carbocycles. The fraction of sp³-hybridized carbons (Fsp3) is 0.625. The molecule has 2 N–H and O–H groups in total. The second kappa shape index (κ2) is 8.18. The third-order valence-corrected chi connectivity index (χ3v) is 3.63. The molecule has 1 aromatic carbocycles. The number of nitrogens with zero attached hydrogens (tertiary/aromatic N) is 1. The minimum absolute atomic E-state index is 0.169. The monoisotopic (exact) mass is 264 g/mol. The number of aliphatic hydroxyl groups excluding tert-OH is 1. The number of benzene rings is 1. The molecule has 0 aliphatic heterocycles. The molecule has 0 radical (unpaired) electrons. The van der Waals surface area contributed by atoms with Crippen LogP contribution in [0.15, 0.2) is 24.3 Å². The number of anilines is 1. The summed E-state index contributed by atoms with van der Waals surface area (Å²) >= 11 is 0. The molecule has 0 saturated heterocycles. The first-order valence-electron chi connectivity index (χ1n) is 7.30. The molecule has 3 nitrogen and oxygen atoms in total. The third kappa shape index (κ3) is 4.84. The van der Waals surface area contributed by atoms with Gasteiger partial charge in [-0.25, -0.2) is 0 Å². The topological polar surface area (TPSA) is 35.5 Å². The largest absolute Gasteiger partial charge is 0.395 e. The molecular formula is C16H28N2O. The van der Waals surface area contributed by atoms with Crippen molar-refractivity contribution in [1.82, 2.24) is 5.32 Å². The maximum absolute atomic E-state index is 9.29. The van der Waals surface area contributed by atoms with Gasteiger partial charge in [0.1, 0.15) is 0 Å². The standard InChI is InChI=1S/C16H28N2O/c1-5-18(6-2)15-9-7-14(8-10-15)11-17-16(12-19)13(3)4/h7-10,13,16-17,19H,5-6,11-12H2,1-4H3. The van der Waals surface area contributed by atoms with E-state index in [2.05, 4.69) is 62.2 Å². The van der Waals surface area contributed by atoms with Crippen LogP contribution in [-0.4, -0.2) is 30.8 Å². The highest BCUT2D eigenvalue weighted by Gasteiger charge is 2.10. The summed E-state index contributed by atoms with van der Waals surface area (Å²) in [5.41, 5.74) is 2.53. The Morgan fingerprint density at radius 3 is 2.11 bits per heavy atom. The maximum atomic E-state index is 9.29. The van der Waals surface area contributed by atoms with Crippen LogP contribution in [0.25, 0.3) is 0 Å². The Kier molecular flexibility index (Phi) is 6.89. The lowest BCUT2D eigenvalue weighted by Crippen LogP contribution is -2.36. The van der Waals surface area contributed by atoms with Gasteiger partial charge >= 0.3 is 0 Å². The van der Waals surface area contributed by atoms with E-state index in [4.69, 9.17) is 0 Å². The van der Waals surface area contributed by atoms with Crippen molar-refractivity contribution in [3.05, 3.63) is 29.8 Å². The predicted molar refractivity (Wildman–Crippen MR) is 82.6 cm³/mol. The Labute approximate surface area is 117 Å². The molecule has 0 amide bonds. The number of rotatable bonds is 8. The minimum Gasteiger partial charge on any atom is -0.395 e. The second-order valence-electron chi connectivity index (χ2n) is 5.25. The minimum atomic E-state index is 0.169. The summed E-state index contributed by atoms with van der Waals surface area (Å²) in [5.74, 6) is 0.444. The van der Waals surface area contributed by atoms with Crippen molar-refractivity contribution < 1.29 is 5.11 Å². The summed E-state index contributed by atoms with van der Waals surface area (Å²) in [6, 6.07) is 8.84. The first-order valence-corrected chi connectivity index (χ1v) is 7.30. The van der Waals surface area contributed by atoms with E-state index in [9.17, 15) is 5.11 Å². The van der Waals surface area contributed by atoms with E-state index in [1.807, 2.05) is 0 Å². The van der Waals surface area contributed by atoms with E-state index in [-0.39, 0.29) is 12.6 Å². The summed E-state index contributed by atoms with van der Waals surface area (Å²) in [4.78, 5) is 2.34. The highest BCUT2D eigenvalue weighted by molar-refractivity contribution is 5.47. The Morgan fingerprint density at radius 1 is 1.11 bits per heavy atom. The van der Waals surface area contributed by atoms with Gasteiger partial charge in [0.15, 0.2) is 0 Å². The molecule has 3 heteroatoms. The molecule has 0 heterocycles. The molecule has 0 bridgehead atoms. The lowest BCUT2D eigenvalue weighted by atomic mass is 10.0. The van der Waals surface area contributed by atoms with E-state index in [0.717, 1.165) is 19.6 Å². The van der Waals surface area contributed by atoms with Crippen LogP contribution in [0, 0.1) is 5.92 Å². The molecule has 1 rings (SSSR count). The van der Waals surface area contributed by atoms with Crippen LogP contribution in [0.3, 0.4) is 0 Å². The van der Waals surface area contributed by atoms with E-state index < -0.39 is 0 Å². The van der Waals surface area contributed by atoms with Gasteiger partial charge in [0, 0.05) is 31.4 Å². The zero-order valence-corrected chi connectivity index (χ0v) is 12.7. The lowest BCUT2D eigenvalue weighted by Gasteiger charge is -2.22. The Balaban J connectivity index is 2.57. The van der Waals surface area contributed by atoms with E-state index in [0.29, 0.717) is 5.92 Å². The van der Waals surface area contributed by atoms with Crippen molar-refractivity contribution in [2.24, 2.45) is 5.92 Å². The lowest BCUT2D eigenvalue weighted by molar-refractivity contribution is 0.210. The van der Waals surface area contributed by atoms with Gasteiger partial charge < -0.3 is 15.3 Å². The zero-order chi connectivity index (χ0) is 14.3. The second-order valence-corrected chi connectivity index (χ2v) is 5.25. The van der Waals surface area contributed by atoms with Gasteiger partial charge in [-0.15, -0.1) is 0 Å². The molecule has 19 heavy (non-hydrogen) atoms. The van der Waals surface area contributed by atoms with Crippen molar-refractivity contribution in [1.29, 1.82) is 0 Å². The molecule has 108 valence electrons. The van der Waals surface area contributed by atoms with Crippen molar-refractivity contribution in [2.45, 2.75) is 40.3 Å². The highest BCUT2D eigenvalue weighted by atomic mass is 16.3. The first-order chi connectivity index (χ1) is 9.12. The Hall–Kier alpha value is -1.06. The Bertz CT molecular complexity index is 344. The summed E-state index contributed by atoms with van der Waals surface area (Å²) < 4.78 is 0. The van der Waals surface area contributed by atoms with Crippen LogP contribution in [0.4, 0.5) is 5.69 Å². The van der Waals surface area contributed by atoms with Gasteiger partial charge in [0.05, 0.1) is 6.61 Å². The van der Waals surface area contributed by atoms with E-state index >= 15 is 0 Å². The van der Waals surface area contributed by atoms with E-state index in [1.165, 1.54) is 11.3 Å². The molecular weight excluding hydrogens is 236 g/mol. The normalized spacial score (nSPS) is 12.7. The molecule has 1 atom stereocenters. The van der Waals surface area contributed by atoms with Gasteiger partial charge in [-0.1, -0.05) is 26.0 Å². The van der Waals surface area contributed by atoms with Crippen molar-refractivity contribution in [3.63, 3.8) is 0 Å². The van der Waals surface area contributed by atoms with Gasteiger partial charge in [0.25, 0.3) is 0 Å². The fourth-order valence-electron chi connectivity index (χ4n) is 2.17. The molecule has 0 spiro atoms. The van der Waals surface area contributed by atoms with Crippen LogP contribution in [-0.2, 0) is 6.54 Å². The quantitative estimate of drug-likeness (QED) is 0.757. The average Bonchev–Trinajstić information content (AvgIpc) is 2.42. The molecule has 1 aromatic rings. The van der Waals surface area contributed by atoms with Crippen molar-refractivity contribution >= 4 is 5.69 Å². The van der Waals surface area contributed by atoms with Gasteiger partial charge in [-0.3, -0.25) is 0 Å². The fourth-order valence-corrected chi connectivity index (χ4v) is 2.17. The van der Waals surface area contributed by atoms with Crippen LogP contribution >= 0.6 is 0 Å². The molecule has 0 aliphatic rings. The number of hydrogen-bond acceptors (Lipinski definition) is 3. The van der Waals surface area contributed by atoms with Gasteiger partial charge in [-0.05, 0) is 37.5 Å². The van der Waals surface area contributed by atoms with Crippen LogP contribution in [0.1, 0.15) is 33.3 Å². The SMILES string of the molecule is CCN(CC)c1ccc(CNC(CO)C(C)C)cc1.